The number of carboxylic acid groups (broad SMARTS) is 1. The monoisotopic (exact) mass is 634 g/mol. The molecular formula is C35H30N4O4S2. The number of para-hydroxylation sites is 4. The number of nitrogens with zero attached hydrogens (tertiary/aromatic N) is 4. The Kier molecular flexibility index (Phi) is 6.98. The van der Waals surface area contributed by atoms with Crippen molar-refractivity contribution in [1.82, 2.24) is 9.80 Å². The van der Waals surface area contributed by atoms with E-state index in [1.165, 1.54) is 4.90 Å². The Balaban J connectivity index is 1.18. The molecule has 2 saturated heterocycles. The molecule has 0 aromatic heterocycles. The molecule has 4 aliphatic rings. The summed E-state index contributed by atoms with van der Waals surface area (Å²) in [5.41, 5.74) is 5.14. The van der Waals surface area contributed by atoms with Crippen molar-refractivity contribution < 1.29 is 19.5 Å². The van der Waals surface area contributed by atoms with Crippen molar-refractivity contribution in [2.75, 3.05) is 16.3 Å². The van der Waals surface area contributed by atoms with Gasteiger partial charge in [-0.15, -0.1) is 23.5 Å². The first kappa shape index (κ1) is 28.1. The Labute approximate surface area is 269 Å². The summed E-state index contributed by atoms with van der Waals surface area (Å²) in [5.74, 6) is 0.315. The van der Waals surface area contributed by atoms with E-state index >= 15 is 0 Å². The van der Waals surface area contributed by atoms with E-state index < -0.39 is 18.1 Å². The van der Waals surface area contributed by atoms with Gasteiger partial charge in [0.1, 0.15) is 0 Å². The number of hydrogen-bond donors (Lipinski definition) is 1. The molecule has 0 unspecified atom stereocenters. The molecule has 8 nitrogen and oxygen atoms in total. The summed E-state index contributed by atoms with van der Waals surface area (Å²) >= 11 is 3.35. The summed E-state index contributed by atoms with van der Waals surface area (Å²) in [6.07, 6.45) is 1.13. The van der Waals surface area contributed by atoms with Crippen LogP contribution in [0.3, 0.4) is 0 Å². The molecule has 10 heteroatoms. The summed E-state index contributed by atoms with van der Waals surface area (Å²) in [4.78, 5) is 51.2. The standard InChI is InChI=1S/C35H30N4O4S2/c40-33(41)32-29-18-17-24(37(29)35(43)39-26-12-4-2-10-23(26)21-45-31-16-8-6-14-28(31)39)19-36(32)34(42)38-25-11-3-1-9-22(25)20-44-30-15-7-5-13-27(30)38/h1-16,24,29,32H,17-21H2,(H,40,41)/t24-,29+,32-/m0/s1. The molecule has 4 aliphatic heterocycles. The number of carbonyl (C=O) groups is 3. The van der Waals surface area contributed by atoms with Gasteiger partial charge in [-0.2, -0.15) is 0 Å². The number of hydrogen-bond acceptors (Lipinski definition) is 5. The highest BCUT2D eigenvalue weighted by Gasteiger charge is 2.55. The Morgan fingerprint density at radius 3 is 1.67 bits per heavy atom. The van der Waals surface area contributed by atoms with E-state index in [1.807, 2.05) is 97.1 Å². The zero-order chi connectivity index (χ0) is 30.7. The average molecular weight is 635 g/mol. The summed E-state index contributed by atoms with van der Waals surface area (Å²) in [6.45, 7) is 0.137. The summed E-state index contributed by atoms with van der Waals surface area (Å²) < 4.78 is 0. The van der Waals surface area contributed by atoms with Gasteiger partial charge in [0.05, 0.1) is 34.8 Å². The first-order valence-corrected chi connectivity index (χ1v) is 17.0. The Morgan fingerprint density at radius 2 is 1.11 bits per heavy atom. The number of aliphatic carboxylic acids is 1. The smallest absolute Gasteiger partial charge is 0.330 e. The van der Waals surface area contributed by atoms with E-state index in [-0.39, 0.29) is 24.6 Å². The number of anilines is 4. The number of carboxylic acids is 1. The second-order valence-electron chi connectivity index (χ2n) is 11.6. The van der Waals surface area contributed by atoms with E-state index in [0.29, 0.717) is 18.6 Å². The number of likely N-dealkylation sites (tertiary alicyclic amines) is 1. The maximum Gasteiger partial charge on any atom is 0.330 e. The van der Waals surface area contributed by atoms with Crippen molar-refractivity contribution in [3.63, 3.8) is 0 Å². The number of urea groups is 2. The lowest BCUT2D eigenvalue weighted by molar-refractivity contribution is -0.145. The van der Waals surface area contributed by atoms with Crippen LogP contribution < -0.4 is 9.80 Å². The van der Waals surface area contributed by atoms with Gasteiger partial charge in [0.15, 0.2) is 6.04 Å². The quantitative estimate of drug-likeness (QED) is 0.231. The number of fused-ring (bicyclic) bond motifs is 6. The zero-order valence-corrected chi connectivity index (χ0v) is 25.9. The molecule has 0 spiro atoms. The van der Waals surface area contributed by atoms with E-state index in [9.17, 15) is 19.5 Å². The van der Waals surface area contributed by atoms with Gasteiger partial charge < -0.3 is 14.9 Å². The predicted octanol–water partition coefficient (Wildman–Crippen LogP) is 7.72. The highest BCUT2D eigenvalue weighted by atomic mass is 32.2. The molecule has 3 atom stereocenters. The fourth-order valence-electron chi connectivity index (χ4n) is 7.20. The SMILES string of the molecule is O=C(O)[C@@H]1[C@H]2CC[C@@H](CN1C(=O)N1c3ccccc3CSc3ccccc31)N2C(=O)N1c2ccccc2CSc2ccccc21. The number of rotatable bonds is 1. The Morgan fingerprint density at radius 1 is 0.622 bits per heavy atom. The van der Waals surface area contributed by atoms with Crippen molar-refractivity contribution in [2.45, 2.75) is 52.3 Å². The third-order valence-electron chi connectivity index (χ3n) is 9.20. The minimum atomic E-state index is -1.19. The molecule has 226 valence electrons. The molecule has 2 fully saturated rings. The van der Waals surface area contributed by atoms with Crippen LogP contribution >= 0.6 is 23.5 Å². The van der Waals surface area contributed by atoms with Crippen molar-refractivity contribution >= 4 is 64.3 Å². The van der Waals surface area contributed by atoms with Crippen LogP contribution in [-0.2, 0) is 16.3 Å². The molecular weight excluding hydrogens is 605 g/mol. The number of piperazine rings is 1. The maximum atomic E-state index is 14.7. The van der Waals surface area contributed by atoms with Gasteiger partial charge in [-0.1, -0.05) is 60.7 Å². The fraction of sp³-hybridized carbons (Fsp3) is 0.229. The van der Waals surface area contributed by atoms with Crippen LogP contribution in [0.25, 0.3) is 0 Å². The van der Waals surface area contributed by atoms with Crippen LogP contribution in [0.5, 0.6) is 0 Å². The predicted molar refractivity (Wildman–Crippen MR) is 177 cm³/mol. The molecule has 1 N–H and O–H groups in total. The molecule has 0 aliphatic carbocycles. The minimum absolute atomic E-state index is 0.137. The molecule has 45 heavy (non-hydrogen) atoms. The van der Waals surface area contributed by atoms with Gasteiger partial charge in [0.25, 0.3) is 0 Å². The lowest BCUT2D eigenvalue weighted by Crippen LogP contribution is -2.67. The maximum absolute atomic E-state index is 14.7. The number of thioether (sulfide) groups is 2. The zero-order valence-electron chi connectivity index (χ0n) is 24.3. The van der Waals surface area contributed by atoms with E-state index in [0.717, 1.165) is 49.4 Å². The van der Waals surface area contributed by atoms with Gasteiger partial charge in [-0.3, -0.25) is 9.80 Å². The molecule has 0 saturated carbocycles. The second-order valence-corrected chi connectivity index (χ2v) is 13.7. The van der Waals surface area contributed by atoms with Crippen molar-refractivity contribution in [2.24, 2.45) is 0 Å². The highest BCUT2D eigenvalue weighted by Crippen LogP contribution is 2.47. The molecule has 4 amide bonds. The molecule has 2 bridgehead atoms. The highest BCUT2D eigenvalue weighted by molar-refractivity contribution is 7.99. The van der Waals surface area contributed by atoms with Crippen LogP contribution in [0, 0.1) is 0 Å². The number of amides is 4. The summed E-state index contributed by atoms with van der Waals surface area (Å²) in [5, 5.41) is 10.7. The van der Waals surface area contributed by atoms with E-state index in [2.05, 4.69) is 0 Å². The van der Waals surface area contributed by atoms with Gasteiger partial charge >= 0.3 is 18.0 Å². The van der Waals surface area contributed by atoms with Crippen molar-refractivity contribution in [3.05, 3.63) is 108 Å². The number of benzene rings is 4. The first-order chi connectivity index (χ1) is 22.0. The molecule has 4 aromatic carbocycles. The van der Waals surface area contributed by atoms with Gasteiger partial charge in [-0.25, -0.2) is 14.4 Å². The second kappa shape index (κ2) is 11.2. The Hall–Kier alpha value is -4.41. The number of carbonyl (C=O) groups excluding carboxylic acids is 2. The lowest BCUT2D eigenvalue weighted by atomic mass is 10.0. The van der Waals surface area contributed by atoms with Gasteiger partial charge in [0, 0.05) is 27.8 Å². The van der Waals surface area contributed by atoms with Crippen LogP contribution in [0.4, 0.5) is 32.3 Å². The van der Waals surface area contributed by atoms with Crippen LogP contribution in [0.2, 0.25) is 0 Å². The topological polar surface area (TPSA) is 84.4 Å². The lowest BCUT2D eigenvalue weighted by Gasteiger charge is -2.47. The molecule has 4 heterocycles. The average Bonchev–Trinajstić information content (AvgIpc) is 3.19. The Bertz CT molecular complexity index is 1750. The summed E-state index contributed by atoms with van der Waals surface area (Å²) in [7, 11) is 0. The van der Waals surface area contributed by atoms with Crippen LogP contribution in [-0.4, -0.2) is 57.6 Å². The van der Waals surface area contributed by atoms with E-state index in [4.69, 9.17) is 0 Å². The molecule has 0 radical (unpaired) electrons. The fourth-order valence-corrected chi connectivity index (χ4v) is 9.27. The van der Waals surface area contributed by atoms with Crippen LogP contribution in [0.1, 0.15) is 24.0 Å². The van der Waals surface area contributed by atoms with Crippen molar-refractivity contribution in [1.29, 1.82) is 0 Å². The minimum Gasteiger partial charge on any atom is -0.480 e. The first-order valence-electron chi connectivity index (χ1n) is 15.1. The van der Waals surface area contributed by atoms with Gasteiger partial charge in [0.2, 0.25) is 0 Å². The molecule has 4 aromatic rings. The molecule has 8 rings (SSSR count). The largest absolute Gasteiger partial charge is 0.480 e. The van der Waals surface area contributed by atoms with Crippen molar-refractivity contribution in [3.8, 4) is 0 Å². The third kappa shape index (κ3) is 4.57. The summed E-state index contributed by atoms with van der Waals surface area (Å²) in [6, 6.07) is 28.5. The van der Waals surface area contributed by atoms with E-state index in [1.54, 1.807) is 38.2 Å². The van der Waals surface area contributed by atoms with Crippen LogP contribution in [0.15, 0.2) is 107 Å². The third-order valence-corrected chi connectivity index (χ3v) is 11.4. The van der Waals surface area contributed by atoms with Gasteiger partial charge in [-0.05, 0) is 60.4 Å². The normalized spacial score (nSPS) is 21.6.